The van der Waals surface area contributed by atoms with Crippen LogP contribution >= 0.6 is 12.2 Å². The first-order chi connectivity index (χ1) is 9.79. The van der Waals surface area contributed by atoms with Crippen LogP contribution in [0.25, 0.3) is 0 Å². The number of nitrogens with one attached hydrogen (secondary N) is 1. The number of rotatable bonds is 0. The Labute approximate surface area is 128 Å². The molecule has 6 heteroatoms. The number of thiocarbonyl (C=S) groups is 1. The van der Waals surface area contributed by atoms with Crippen LogP contribution in [0.5, 0.6) is 5.75 Å². The summed E-state index contributed by atoms with van der Waals surface area (Å²) in [6.07, 6.45) is 0.721. The monoisotopic (exact) mass is 298 g/mol. The molecule has 2 heterocycles. The molecule has 5 nitrogen and oxygen atoms in total. The second-order valence-corrected chi connectivity index (χ2v) is 6.58. The van der Waals surface area contributed by atoms with Gasteiger partial charge in [0.15, 0.2) is 10.8 Å². The number of anilines is 1. The van der Waals surface area contributed by atoms with Crippen LogP contribution in [0.3, 0.4) is 0 Å². The Bertz CT molecular complexity index is 743. The van der Waals surface area contributed by atoms with E-state index in [9.17, 15) is 5.26 Å². The first-order valence-electron chi connectivity index (χ1n) is 6.59. The van der Waals surface area contributed by atoms with Crippen LogP contribution in [0, 0.1) is 22.7 Å². The second-order valence-electron chi connectivity index (χ2n) is 6.19. The number of nitriles is 2. The van der Waals surface area contributed by atoms with Gasteiger partial charge in [0.05, 0.1) is 16.8 Å². The second kappa shape index (κ2) is 4.09. The fourth-order valence-corrected chi connectivity index (χ4v) is 3.76. The quantitative estimate of drug-likeness (QED) is 0.742. The van der Waals surface area contributed by atoms with E-state index in [2.05, 4.69) is 19.2 Å². The Kier molecular flexibility index (Phi) is 2.66. The van der Waals surface area contributed by atoms with Crippen LogP contribution in [-0.4, -0.2) is 16.4 Å². The highest BCUT2D eigenvalue weighted by molar-refractivity contribution is 7.80. The van der Waals surface area contributed by atoms with Crippen molar-refractivity contribution in [2.75, 3.05) is 4.90 Å². The molecule has 0 radical (unpaired) electrons. The van der Waals surface area contributed by atoms with E-state index in [0.29, 0.717) is 22.0 Å². The van der Waals surface area contributed by atoms with Gasteiger partial charge in [-0.2, -0.15) is 10.5 Å². The summed E-state index contributed by atoms with van der Waals surface area (Å²) >= 11 is 5.47. The highest BCUT2D eigenvalue weighted by atomic mass is 32.1. The van der Waals surface area contributed by atoms with Crippen molar-refractivity contribution in [2.45, 2.75) is 38.5 Å². The lowest BCUT2D eigenvalue weighted by Crippen LogP contribution is -2.66. The van der Waals surface area contributed by atoms with Gasteiger partial charge in [0.1, 0.15) is 17.9 Å². The van der Waals surface area contributed by atoms with Gasteiger partial charge >= 0.3 is 0 Å². The number of nitrogens with zero attached hydrogens (tertiary/aromatic N) is 3. The molecule has 0 spiro atoms. The number of fused-ring (bicyclic) bond motifs is 3. The molecule has 1 N–H and O–H groups in total. The molecule has 1 atom stereocenters. The predicted molar refractivity (Wildman–Crippen MR) is 81.8 cm³/mol. The summed E-state index contributed by atoms with van der Waals surface area (Å²) in [7, 11) is 0. The lowest BCUT2D eigenvalue weighted by Gasteiger charge is -2.47. The molecule has 1 aromatic rings. The minimum absolute atomic E-state index is 0.180. The van der Waals surface area contributed by atoms with E-state index < -0.39 is 5.72 Å². The zero-order valence-corrected chi connectivity index (χ0v) is 12.8. The van der Waals surface area contributed by atoms with Gasteiger partial charge in [-0.05, 0) is 39.1 Å². The third kappa shape index (κ3) is 1.91. The molecule has 2 aliphatic heterocycles. The maximum Gasteiger partial charge on any atom is 0.188 e. The van der Waals surface area contributed by atoms with Crippen LogP contribution in [0.15, 0.2) is 12.1 Å². The number of ether oxygens (including phenoxy) is 1. The molecule has 106 valence electrons. The molecule has 1 fully saturated rings. The van der Waals surface area contributed by atoms with Gasteiger partial charge in [0, 0.05) is 18.0 Å². The first kappa shape index (κ1) is 13.7. The molecule has 1 aromatic carbocycles. The van der Waals surface area contributed by atoms with Crippen LogP contribution in [0.4, 0.5) is 5.69 Å². The summed E-state index contributed by atoms with van der Waals surface area (Å²) in [5, 5.41) is 22.2. The first-order valence-corrected chi connectivity index (χ1v) is 7.00. The summed E-state index contributed by atoms with van der Waals surface area (Å²) in [5.41, 5.74) is 0.603. The minimum atomic E-state index is -0.602. The highest BCUT2D eigenvalue weighted by Crippen LogP contribution is 2.48. The van der Waals surface area contributed by atoms with E-state index in [1.165, 1.54) is 0 Å². The molecule has 1 unspecified atom stereocenters. The number of hydrogen-bond donors (Lipinski definition) is 1. The van der Waals surface area contributed by atoms with Crippen molar-refractivity contribution in [2.24, 2.45) is 0 Å². The summed E-state index contributed by atoms with van der Waals surface area (Å²) in [5.74, 6) is 0.593. The minimum Gasteiger partial charge on any atom is -0.466 e. The third-order valence-corrected chi connectivity index (χ3v) is 4.09. The summed E-state index contributed by atoms with van der Waals surface area (Å²) in [6, 6.07) is 7.37. The molecule has 3 rings (SSSR count). The largest absolute Gasteiger partial charge is 0.466 e. The lowest BCUT2D eigenvalue weighted by atomic mass is 9.90. The average molecular weight is 298 g/mol. The molecule has 2 aliphatic rings. The zero-order valence-electron chi connectivity index (χ0n) is 12.0. The molecule has 0 aromatic heterocycles. The Morgan fingerprint density at radius 1 is 1.24 bits per heavy atom. The molecule has 0 bridgehead atoms. The van der Waals surface area contributed by atoms with E-state index in [4.69, 9.17) is 22.2 Å². The molecular formula is C15H14N4OS. The van der Waals surface area contributed by atoms with Crippen LogP contribution in [-0.2, 0) is 0 Å². The molecule has 0 saturated carbocycles. The number of benzene rings is 1. The fourth-order valence-electron chi connectivity index (χ4n) is 3.20. The van der Waals surface area contributed by atoms with Gasteiger partial charge < -0.3 is 10.1 Å². The molecule has 0 amide bonds. The number of hydrogen-bond acceptors (Lipinski definition) is 4. The fraction of sp³-hybridized carbons (Fsp3) is 0.400. The van der Waals surface area contributed by atoms with E-state index >= 15 is 0 Å². The van der Waals surface area contributed by atoms with Gasteiger partial charge in [0.2, 0.25) is 0 Å². The summed E-state index contributed by atoms with van der Waals surface area (Å²) < 4.78 is 6.08. The molecule has 0 aliphatic carbocycles. The Morgan fingerprint density at radius 3 is 2.48 bits per heavy atom. The van der Waals surface area contributed by atoms with Gasteiger partial charge in [-0.15, -0.1) is 0 Å². The van der Waals surface area contributed by atoms with Crippen molar-refractivity contribution in [3.8, 4) is 17.9 Å². The maximum atomic E-state index is 9.18. The Hall–Kier alpha value is -2.31. The highest BCUT2D eigenvalue weighted by Gasteiger charge is 2.51. The standard InChI is InChI=1S/C15H14N4OS/c1-14(2)8-15(3)19(13(21)18-14)11-4-9(6-16)10(7-17)5-12(11)20-15/h4-5H,8H2,1-3H3,(H,18,21). The smallest absolute Gasteiger partial charge is 0.188 e. The molecule has 1 saturated heterocycles. The van der Waals surface area contributed by atoms with Crippen LogP contribution in [0.1, 0.15) is 38.3 Å². The topological polar surface area (TPSA) is 72.1 Å². The lowest BCUT2D eigenvalue weighted by molar-refractivity contribution is 0.0725. The van der Waals surface area contributed by atoms with Gasteiger partial charge in [-0.3, -0.25) is 4.90 Å². The molecule has 21 heavy (non-hydrogen) atoms. The van der Waals surface area contributed by atoms with E-state index in [1.54, 1.807) is 12.1 Å². The zero-order chi connectivity index (χ0) is 15.4. The van der Waals surface area contributed by atoms with Crippen molar-refractivity contribution in [1.82, 2.24) is 5.32 Å². The van der Waals surface area contributed by atoms with Gasteiger partial charge in [-0.1, -0.05) is 0 Å². The Morgan fingerprint density at radius 2 is 1.86 bits per heavy atom. The van der Waals surface area contributed by atoms with E-state index in [-0.39, 0.29) is 5.54 Å². The normalized spacial score (nSPS) is 25.0. The van der Waals surface area contributed by atoms with Crippen molar-refractivity contribution in [3.63, 3.8) is 0 Å². The summed E-state index contributed by atoms with van der Waals surface area (Å²) in [4.78, 5) is 1.89. The van der Waals surface area contributed by atoms with Gasteiger partial charge in [-0.25, -0.2) is 0 Å². The molecular weight excluding hydrogens is 284 g/mol. The van der Waals surface area contributed by atoms with Crippen molar-refractivity contribution in [3.05, 3.63) is 23.3 Å². The Balaban J connectivity index is 2.16. The SMILES string of the molecule is CC1(C)CC2(C)Oc3cc(C#N)c(C#N)cc3N2C(=S)N1. The van der Waals surface area contributed by atoms with E-state index in [1.807, 2.05) is 24.0 Å². The van der Waals surface area contributed by atoms with Crippen molar-refractivity contribution < 1.29 is 4.74 Å². The third-order valence-electron chi connectivity index (χ3n) is 3.80. The van der Waals surface area contributed by atoms with E-state index in [0.717, 1.165) is 12.1 Å². The predicted octanol–water partition coefficient (Wildman–Crippen LogP) is 2.40. The van der Waals surface area contributed by atoms with Crippen molar-refractivity contribution in [1.29, 1.82) is 10.5 Å². The van der Waals surface area contributed by atoms with Crippen LogP contribution in [0.2, 0.25) is 0 Å². The average Bonchev–Trinajstić information content (AvgIpc) is 2.65. The van der Waals surface area contributed by atoms with Crippen LogP contribution < -0.4 is 15.0 Å². The maximum absolute atomic E-state index is 9.18. The summed E-state index contributed by atoms with van der Waals surface area (Å²) in [6.45, 7) is 6.10. The van der Waals surface area contributed by atoms with Crippen molar-refractivity contribution >= 4 is 23.0 Å². The van der Waals surface area contributed by atoms with Gasteiger partial charge in [0.25, 0.3) is 0 Å².